The number of carbonyl (C=O) groups is 2. The lowest BCUT2D eigenvalue weighted by atomic mass is 9.81. The molecule has 0 bridgehead atoms. The number of likely N-dealkylation sites (tertiary alicyclic amines) is 1. The normalized spacial score (nSPS) is 19.4. The van der Waals surface area contributed by atoms with Crippen molar-refractivity contribution in [3.05, 3.63) is 82.4 Å². The molecule has 8 nitrogen and oxygen atoms in total. The molecular weight excluding hydrogens is 564 g/mol. The van der Waals surface area contributed by atoms with Gasteiger partial charge in [-0.25, -0.2) is 0 Å². The van der Waals surface area contributed by atoms with Gasteiger partial charge in [-0.2, -0.15) is 11.8 Å². The average molecular weight is 605 g/mol. The van der Waals surface area contributed by atoms with E-state index in [9.17, 15) is 14.7 Å². The van der Waals surface area contributed by atoms with E-state index < -0.39 is 17.9 Å². The Morgan fingerprint density at radius 3 is 2.42 bits per heavy atom. The molecule has 1 fully saturated rings. The van der Waals surface area contributed by atoms with Gasteiger partial charge in [-0.3, -0.25) is 14.5 Å². The molecule has 1 saturated heterocycles. The molecule has 0 aromatic heterocycles. The number of carbonyl (C=O) groups excluding carboxylic acids is 1. The van der Waals surface area contributed by atoms with Crippen LogP contribution in [-0.2, 0) is 22.4 Å². The fraction of sp³-hybridized carbons (Fsp3) is 0.412. The summed E-state index contributed by atoms with van der Waals surface area (Å²) in [6.07, 6.45) is 3.63. The minimum absolute atomic E-state index is 0.0573. The molecule has 2 heterocycles. The van der Waals surface area contributed by atoms with Gasteiger partial charge in [0, 0.05) is 29.9 Å². The molecule has 2 N–H and O–H groups in total. The molecule has 3 aromatic carbocycles. The highest BCUT2D eigenvalue weighted by Crippen LogP contribution is 2.49. The van der Waals surface area contributed by atoms with Gasteiger partial charge in [0.1, 0.15) is 5.75 Å². The van der Waals surface area contributed by atoms with Crippen molar-refractivity contribution in [2.24, 2.45) is 5.92 Å². The number of benzene rings is 3. The summed E-state index contributed by atoms with van der Waals surface area (Å²) in [5, 5.41) is 13.8. The number of anilines is 1. The number of amides is 1. The van der Waals surface area contributed by atoms with E-state index in [-0.39, 0.29) is 25.2 Å². The predicted octanol–water partition coefficient (Wildman–Crippen LogP) is 6.07. The lowest BCUT2D eigenvalue weighted by Gasteiger charge is -2.27. The first-order valence-electron chi connectivity index (χ1n) is 14.8. The number of nitrogens with zero attached hydrogens (tertiary/aromatic N) is 1. The maximum atomic E-state index is 13.7. The summed E-state index contributed by atoms with van der Waals surface area (Å²) in [6, 6.07) is 17.0. The Bertz CT molecular complexity index is 1440. The van der Waals surface area contributed by atoms with Crippen molar-refractivity contribution in [3.8, 4) is 17.2 Å². The van der Waals surface area contributed by atoms with Crippen molar-refractivity contribution in [3.63, 3.8) is 0 Å². The molecule has 9 heteroatoms. The van der Waals surface area contributed by atoms with Gasteiger partial charge in [0.25, 0.3) is 0 Å². The zero-order valence-electron chi connectivity index (χ0n) is 25.2. The number of hydrogen-bond donors (Lipinski definition) is 2. The molecule has 228 valence electrons. The Morgan fingerprint density at radius 1 is 1.05 bits per heavy atom. The zero-order valence-corrected chi connectivity index (χ0v) is 26.0. The third kappa shape index (κ3) is 6.48. The number of rotatable bonds is 12. The van der Waals surface area contributed by atoms with Gasteiger partial charge in [-0.15, -0.1) is 0 Å². The first-order chi connectivity index (χ1) is 20.9. The third-order valence-electron chi connectivity index (χ3n) is 8.50. The van der Waals surface area contributed by atoms with Crippen molar-refractivity contribution in [2.75, 3.05) is 43.8 Å². The molecule has 0 radical (unpaired) electrons. The van der Waals surface area contributed by atoms with Crippen LogP contribution in [0.3, 0.4) is 0 Å². The Balaban J connectivity index is 1.49. The largest absolute Gasteiger partial charge is 0.493 e. The van der Waals surface area contributed by atoms with Gasteiger partial charge in [-0.05, 0) is 72.0 Å². The Morgan fingerprint density at radius 2 is 1.77 bits per heavy atom. The second-order valence-corrected chi connectivity index (χ2v) is 12.0. The number of ether oxygens (including phenoxy) is 3. The molecule has 0 unspecified atom stereocenters. The van der Waals surface area contributed by atoms with Crippen molar-refractivity contribution in [1.29, 1.82) is 0 Å². The molecule has 1 amide bonds. The quantitative estimate of drug-likeness (QED) is 0.241. The predicted molar refractivity (Wildman–Crippen MR) is 170 cm³/mol. The second-order valence-electron chi connectivity index (χ2n) is 11.0. The number of aliphatic carboxylic acids is 1. The molecular formula is C34H40N2O6S. The van der Waals surface area contributed by atoms with E-state index in [4.69, 9.17) is 14.2 Å². The summed E-state index contributed by atoms with van der Waals surface area (Å²) < 4.78 is 17.1. The van der Waals surface area contributed by atoms with Crippen LogP contribution in [0.5, 0.6) is 17.2 Å². The van der Waals surface area contributed by atoms with E-state index in [0.717, 1.165) is 57.8 Å². The van der Waals surface area contributed by atoms with Crippen LogP contribution in [0.1, 0.15) is 53.6 Å². The fourth-order valence-corrected chi connectivity index (χ4v) is 6.66. The highest BCUT2D eigenvalue weighted by atomic mass is 32.2. The van der Waals surface area contributed by atoms with Crippen molar-refractivity contribution in [1.82, 2.24) is 4.90 Å². The van der Waals surface area contributed by atoms with E-state index >= 15 is 0 Å². The molecule has 5 rings (SSSR count). The van der Waals surface area contributed by atoms with Crippen LogP contribution in [0, 0.1) is 12.8 Å². The molecule has 2 aliphatic rings. The smallest absolute Gasteiger partial charge is 0.309 e. The zero-order chi connectivity index (χ0) is 30.5. The van der Waals surface area contributed by atoms with E-state index in [1.54, 1.807) is 11.8 Å². The topological polar surface area (TPSA) is 97.3 Å². The van der Waals surface area contributed by atoms with Gasteiger partial charge in [0.05, 0.1) is 19.1 Å². The molecule has 2 aliphatic heterocycles. The maximum Gasteiger partial charge on any atom is 0.309 e. The van der Waals surface area contributed by atoms with E-state index in [2.05, 4.69) is 19.2 Å². The molecule has 3 aromatic rings. The SMILES string of the molecule is CCc1cccc(CC)c1NC(=O)CN1C[C@H](c2ccc3c(c2C)OCO3)[C@@H](C(=O)O)[C@@H]1c1ccc(OCCSC)cc1. The summed E-state index contributed by atoms with van der Waals surface area (Å²) in [4.78, 5) is 28.7. The minimum Gasteiger partial charge on any atom is -0.493 e. The van der Waals surface area contributed by atoms with Crippen molar-refractivity contribution < 1.29 is 28.9 Å². The average Bonchev–Trinajstić information content (AvgIpc) is 3.63. The van der Waals surface area contributed by atoms with Gasteiger partial charge < -0.3 is 24.6 Å². The number of fused-ring (bicyclic) bond motifs is 1. The Hall–Kier alpha value is -3.69. The number of carboxylic acid groups (broad SMARTS) is 1. The van der Waals surface area contributed by atoms with Crippen LogP contribution in [0.15, 0.2) is 54.6 Å². The van der Waals surface area contributed by atoms with Crippen LogP contribution in [0.4, 0.5) is 5.69 Å². The monoisotopic (exact) mass is 604 g/mol. The molecule has 0 saturated carbocycles. The lowest BCUT2D eigenvalue weighted by Crippen LogP contribution is -2.35. The summed E-state index contributed by atoms with van der Waals surface area (Å²) in [5.74, 6) is 0.719. The maximum absolute atomic E-state index is 13.7. The minimum atomic E-state index is -0.903. The fourth-order valence-electron chi connectivity index (χ4n) is 6.41. The molecule has 0 spiro atoms. The number of thioether (sulfide) groups is 1. The van der Waals surface area contributed by atoms with Crippen molar-refractivity contribution in [2.45, 2.75) is 45.6 Å². The van der Waals surface area contributed by atoms with Gasteiger partial charge in [0.2, 0.25) is 12.7 Å². The summed E-state index contributed by atoms with van der Waals surface area (Å²) >= 11 is 1.71. The molecule has 0 aliphatic carbocycles. The summed E-state index contributed by atoms with van der Waals surface area (Å²) in [5.41, 5.74) is 5.63. The van der Waals surface area contributed by atoms with Crippen LogP contribution < -0.4 is 19.5 Å². The summed E-state index contributed by atoms with van der Waals surface area (Å²) in [7, 11) is 0. The Kier molecular flexibility index (Phi) is 9.82. The van der Waals surface area contributed by atoms with E-state index in [0.29, 0.717) is 24.7 Å². The number of hydrogen-bond acceptors (Lipinski definition) is 7. The molecule has 43 heavy (non-hydrogen) atoms. The van der Waals surface area contributed by atoms with Crippen molar-refractivity contribution >= 4 is 29.3 Å². The summed E-state index contributed by atoms with van der Waals surface area (Å²) in [6.45, 7) is 7.29. The lowest BCUT2D eigenvalue weighted by molar-refractivity contribution is -0.143. The van der Waals surface area contributed by atoms with E-state index in [1.165, 1.54) is 0 Å². The second kappa shape index (κ2) is 13.7. The third-order valence-corrected chi connectivity index (χ3v) is 9.07. The van der Waals surface area contributed by atoms with Crippen LogP contribution >= 0.6 is 11.8 Å². The van der Waals surface area contributed by atoms with Crippen LogP contribution in [0.2, 0.25) is 0 Å². The first-order valence-corrected chi connectivity index (χ1v) is 16.2. The number of nitrogens with one attached hydrogen (secondary N) is 1. The van der Waals surface area contributed by atoms with Crippen LogP contribution in [0.25, 0.3) is 0 Å². The van der Waals surface area contributed by atoms with Gasteiger partial charge in [-0.1, -0.05) is 50.2 Å². The van der Waals surface area contributed by atoms with E-state index in [1.807, 2.05) is 72.7 Å². The number of para-hydroxylation sites is 1. The number of carboxylic acids is 1. The van der Waals surface area contributed by atoms with Crippen LogP contribution in [-0.4, -0.2) is 60.4 Å². The standard InChI is InChI=1S/C34H40N2O6S/c1-5-22-8-7-9-23(6-2)31(22)35-29(37)19-36-18-27(26-14-15-28-33(21(26)3)42-20-41-28)30(34(38)39)32(36)24-10-12-25(13-11-24)40-16-17-43-4/h7-15,27,30,32H,5-6,16-20H2,1-4H3,(H,35,37)(H,38,39)/t27-,30-,32+/m1/s1. The van der Waals surface area contributed by atoms with Gasteiger partial charge in [0.15, 0.2) is 11.5 Å². The number of aryl methyl sites for hydroxylation is 2. The first kappa shape index (κ1) is 30.8. The highest BCUT2D eigenvalue weighted by Gasteiger charge is 2.48. The highest BCUT2D eigenvalue weighted by molar-refractivity contribution is 7.98. The molecule has 3 atom stereocenters. The van der Waals surface area contributed by atoms with Gasteiger partial charge >= 0.3 is 5.97 Å². The Labute approximate surface area is 257 Å².